The molecule has 0 aromatic heterocycles. The molecular formula is C8H11NO4S2. The molecule has 0 atom stereocenters. The molecule has 1 aromatic carbocycles. The molecule has 84 valence electrons. The Kier molecular flexibility index (Phi) is 3.17. The van der Waals surface area contributed by atoms with Crippen molar-refractivity contribution in [3.8, 4) is 0 Å². The molecule has 1 rings (SSSR count). The van der Waals surface area contributed by atoms with Gasteiger partial charge in [-0.25, -0.2) is 22.0 Å². The molecule has 1 aromatic rings. The second-order valence-electron chi connectivity index (χ2n) is 2.92. The van der Waals surface area contributed by atoms with Gasteiger partial charge in [-0.15, -0.1) is 0 Å². The summed E-state index contributed by atoms with van der Waals surface area (Å²) in [6.07, 6.45) is 0. The van der Waals surface area contributed by atoms with E-state index in [1.165, 1.54) is 25.1 Å². The van der Waals surface area contributed by atoms with E-state index >= 15 is 0 Å². The Bertz CT molecular complexity index is 560. The molecule has 0 saturated carbocycles. The quantitative estimate of drug-likeness (QED) is 0.823. The third-order valence-electron chi connectivity index (χ3n) is 1.87. The van der Waals surface area contributed by atoms with Crippen molar-refractivity contribution in [2.75, 3.05) is 5.75 Å². The Morgan fingerprint density at radius 3 is 2.13 bits per heavy atom. The van der Waals surface area contributed by atoms with Crippen LogP contribution in [0.1, 0.15) is 6.92 Å². The minimum absolute atomic E-state index is 0.0310. The fourth-order valence-electron chi connectivity index (χ4n) is 1.01. The van der Waals surface area contributed by atoms with Gasteiger partial charge in [-0.3, -0.25) is 0 Å². The molecule has 7 heteroatoms. The Hall–Kier alpha value is -0.920. The fraction of sp³-hybridized carbons (Fsp3) is 0.250. The highest BCUT2D eigenvalue weighted by molar-refractivity contribution is 7.91. The zero-order valence-electron chi connectivity index (χ0n) is 8.04. The number of sulfonamides is 1. The van der Waals surface area contributed by atoms with Crippen LogP contribution in [0.4, 0.5) is 0 Å². The standard InChI is InChI=1S/C8H11NO4S2/c1-2-14(10,11)7-4-3-5-8(6-7)15(9,12)13/h3-6H,2H2,1H3,(H2,9,12,13). The maximum atomic E-state index is 11.4. The van der Waals surface area contributed by atoms with Crippen molar-refractivity contribution in [1.29, 1.82) is 0 Å². The van der Waals surface area contributed by atoms with Crippen LogP contribution >= 0.6 is 0 Å². The molecule has 15 heavy (non-hydrogen) atoms. The average Bonchev–Trinajstić information content (AvgIpc) is 2.17. The molecule has 0 amide bonds. The summed E-state index contributed by atoms with van der Waals surface area (Å²) in [5, 5.41) is 4.89. The van der Waals surface area contributed by atoms with Gasteiger partial charge >= 0.3 is 0 Å². The molecule has 0 aliphatic rings. The molecule has 0 heterocycles. The zero-order chi connectivity index (χ0) is 11.7. The Balaban J connectivity index is 3.39. The summed E-state index contributed by atoms with van der Waals surface area (Å²) < 4.78 is 44.9. The lowest BCUT2D eigenvalue weighted by Gasteiger charge is -2.03. The topological polar surface area (TPSA) is 94.3 Å². The number of primary sulfonamides is 1. The minimum Gasteiger partial charge on any atom is -0.225 e. The second kappa shape index (κ2) is 3.92. The van der Waals surface area contributed by atoms with Crippen LogP contribution in [-0.2, 0) is 19.9 Å². The molecule has 0 bridgehead atoms. The molecule has 0 fully saturated rings. The molecule has 0 spiro atoms. The highest BCUT2D eigenvalue weighted by Crippen LogP contribution is 2.15. The average molecular weight is 249 g/mol. The molecule has 0 radical (unpaired) electrons. The fourth-order valence-corrected chi connectivity index (χ4v) is 2.57. The molecule has 2 N–H and O–H groups in total. The van der Waals surface area contributed by atoms with E-state index in [1.54, 1.807) is 0 Å². The maximum Gasteiger partial charge on any atom is 0.238 e. The Morgan fingerprint density at radius 2 is 1.67 bits per heavy atom. The molecule has 5 nitrogen and oxygen atoms in total. The molecular weight excluding hydrogens is 238 g/mol. The van der Waals surface area contributed by atoms with Crippen LogP contribution in [0.5, 0.6) is 0 Å². The molecule has 0 aliphatic carbocycles. The second-order valence-corrected chi connectivity index (χ2v) is 6.76. The van der Waals surface area contributed by atoms with Crippen molar-refractivity contribution in [3.05, 3.63) is 24.3 Å². The summed E-state index contributed by atoms with van der Waals surface area (Å²) in [6, 6.07) is 5.01. The molecule has 0 saturated heterocycles. The predicted octanol–water partition coefficient (Wildman–Crippen LogP) is 0.128. The summed E-state index contributed by atoms with van der Waals surface area (Å²) in [5.41, 5.74) is 0. The van der Waals surface area contributed by atoms with Gasteiger partial charge in [-0.05, 0) is 18.2 Å². The number of sulfone groups is 1. The first-order chi connectivity index (χ1) is 6.77. The molecule has 0 aliphatic heterocycles. The van der Waals surface area contributed by atoms with Gasteiger partial charge in [0.2, 0.25) is 10.0 Å². The van der Waals surface area contributed by atoms with Crippen LogP contribution in [0.15, 0.2) is 34.1 Å². The van der Waals surface area contributed by atoms with Gasteiger partial charge in [0.25, 0.3) is 0 Å². The number of benzene rings is 1. The number of hydrogen-bond donors (Lipinski definition) is 1. The summed E-state index contributed by atoms with van der Waals surface area (Å²) in [4.78, 5) is -0.228. The van der Waals surface area contributed by atoms with Crippen LogP contribution in [0.2, 0.25) is 0 Å². The van der Waals surface area contributed by atoms with E-state index in [-0.39, 0.29) is 15.5 Å². The van der Waals surface area contributed by atoms with Crippen LogP contribution in [-0.4, -0.2) is 22.6 Å². The Labute approximate surface area is 88.9 Å². The van der Waals surface area contributed by atoms with E-state index in [4.69, 9.17) is 5.14 Å². The minimum atomic E-state index is -3.86. The van der Waals surface area contributed by atoms with Crippen molar-refractivity contribution >= 4 is 19.9 Å². The number of rotatable bonds is 3. The van der Waals surface area contributed by atoms with E-state index in [1.807, 2.05) is 0 Å². The van der Waals surface area contributed by atoms with Crippen LogP contribution in [0.25, 0.3) is 0 Å². The first-order valence-electron chi connectivity index (χ1n) is 4.13. The third-order valence-corrected chi connectivity index (χ3v) is 4.52. The van der Waals surface area contributed by atoms with E-state index in [0.717, 1.165) is 6.07 Å². The largest absolute Gasteiger partial charge is 0.238 e. The van der Waals surface area contributed by atoms with Crippen LogP contribution in [0.3, 0.4) is 0 Å². The highest BCUT2D eigenvalue weighted by Gasteiger charge is 2.15. The Morgan fingerprint density at radius 1 is 1.13 bits per heavy atom. The monoisotopic (exact) mass is 249 g/mol. The summed E-state index contributed by atoms with van der Waals surface area (Å²) in [5.74, 6) is -0.0823. The summed E-state index contributed by atoms with van der Waals surface area (Å²) in [6.45, 7) is 1.49. The van der Waals surface area contributed by atoms with Crippen molar-refractivity contribution in [3.63, 3.8) is 0 Å². The van der Waals surface area contributed by atoms with E-state index < -0.39 is 19.9 Å². The van der Waals surface area contributed by atoms with Crippen LogP contribution < -0.4 is 5.14 Å². The SMILES string of the molecule is CCS(=O)(=O)c1cccc(S(N)(=O)=O)c1. The van der Waals surface area contributed by atoms with Gasteiger partial charge in [-0.1, -0.05) is 13.0 Å². The normalized spacial score (nSPS) is 12.7. The van der Waals surface area contributed by atoms with E-state index in [0.29, 0.717) is 0 Å². The predicted molar refractivity (Wildman–Crippen MR) is 55.5 cm³/mol. The lowest BCUT2D eigenvalue weighted by atomic mass is 10.4. The smallest absolute Gasteiger partial charge is 0.225 e. The van der Waals surface area contributed by atoms with E-state index in [2.05, 4.69) is 0 Å². The van der Waals surface area contributed by atoms with Crippen molar-refractivity contribution in [2.24, 2.45) is 5.14 Å². The van der Waals surface area contributed by atoms with Crippen molar-refractivity contribution in [1.82, 2.24) is 0 Å². The number of nitrogens with two attached hydrogens (primary N) is 1. The van der Waals surface area contributed by atoms with Crippen molar-refractivity contribution in [2.45, 2.75) is 16.7 Å². The van der Waals surface area contributed by atoms with Gasteiger partial charge in [0.15, 0.2) is 9.84 Å². The lowest BCUT2D eigenvalue weighted by Crippen LogP contribution is -2.13. The van der Waals surface area contributed by atoms with Crippen LogP contribution in [0, 0.1) is 0 Å². The maximum absolute atomic E-state index is 11.4. The zero-order valence-corrected chi connectivity index (χ0v) is 9.68. The lowest BCUT2D eigenvalue weighted by molar-refractivity contribution is 0.595. The van der Waals surface area contributed by atoms with Gasteiger partial charge in [-0.2, -0.15) is 0 Å². The first-order valence-corrected chi connectivity index (χ1v) is 7.33. The summed E-state index contributed by atoms with van der Waals surface area (Å²) >= 11 is 0. The first kappa shape index (κ1) is 12.2. The van der Waals surface area contributed by atoms with E-state index in [9.17, 15) is 16.8 Å². The van der Waals surface area contributed by atoms with Gasteiger partial charge < -0.3 is 0 Å². The summed E-state index contributed by atoms with van der Waals surface area (Å²) in [7, 11) is -7.26. The van der Waals surface area contributed by atoms with Gasteiger partial charge in [0.05, 0.1) is 15.5 Å². The van der Waals surface area contributed by atoms with Gasteiger partial charge in [0, 0.05) is 0 Å². The van der Waals surface area contributed by atoms with Gasteiger partial charge in [0.1, 0.15) is 0 Å². The third kappa shape index (κ3) is 2.77. The van der Waals surface area contributed by atoms with Crippen molar-refractivity contribution < 1.29 is 16.8 Å². The molecule has 0 unspecified atom stereocenters. The number of hydrogen-bond acceptors (Lipinski definition) is 4. The highest BCUT2D eigenvalue weighted by atomic mass is 32.2.